The standard InChI is InChI=1S/C19H15F2N3O2S/c20-13-4-1-3-12(9-13)19-24-16(11-27-19)7-8-22-17(25)18(26)23-15-6-2-5-14(21)10-15/h1-6,9-11H,7-8H2,(H,22,25)(H,23,26). The normalized spacial score (nSPS) is 10.4. The minimum atomic E-state index is -0.876. The Hall–Kier alpha value is -3.13. The molecule has 1 aromatic heterocycles. The fraction of sp³-hybridized carbons (Fsp3) is 0.105. The van der Waals surface area contributed by atoms with Crippen molar-refractivity contribution in [3.63, 3.8) is 0 Å². The topological polar surface area (TPSA) is 71.1 Å². The molecule has 2 amide bonds. The highest BCUT2D eigenvalue weighted by atomic mass is 32.1. The number of halogens is 2. The van der Waals surface area contributed by atoms with Crippen molar-refractivity contribution in [2.75, 3.05) is 11.9 Å². The SMILES string of the molecule is O=C(NCCc1csc(-c2cccc(F)c2)n1)C(=O)Nc1cccc(F)c1. The first-order chi connectivity index (χ1) is 13.0. The number of hydrogen-bond donors (Lipinski definition) is 2. The second kappa shape index (κ2) is 8.50. The van der Waals surface area contributed by atoms with Gasteiger partial charge in [0, 0.05) is 29.6 Å². The Morgan fingerprint density at radius 2 is 1.74 bits per heavy atom. The van der Waals surface area contributed by atoms with Gasteiger partial charge in [-0.15, -0.1) is 11.3 Å². The number of nitrogens with one attached hydrogen (secondary N) is 2. The average Bonchev–Trinajstić information content (AvgIpc) is 3.10. The van der Waals surface area contributed by atoms with Crippen LogP contribution in [-0.4, -0.2) is 23.3 Å². The summed E-state index contributed by atoms with van der Waals surface area (Å²) in [5, 5.41) is 7.30. The summed E-state index contributed by atoms with van der Waals surface area (Å²) in [5.74, 6) is -2.54. The number of nitrogens with zero attached hydrogens (tertiary/aromatic N) is 1. The van der Waals surface area contributed by atoms with E-state index in [2.05, 4.69) is 15.6 Å². The van der Waals surface area contributed by atoms with Gasteiger partial charge in [0.25, 0.3) is 0 Å². The molecule has 0 saturated carbocycles. The summed E-state index contributed by atoms with van der Waals surface area (Å²) in [6.45, 7) is 0.210. The molecule has 5 nitrogen and oxygen atoms in total. The van der Waals surface area contributed by atoms with Crippen LogP contribution in [0.4, 0.5) is 14.5 Å². The molecule has 0 aliphatic carbocycles. The third-order valence-corrected chi connectivity index (χ3v) is 4.52. The van der Waals surface area contributed by atoms with Crippen LogP contribution in [0.15, 0.2) is 53.9 Å². The van der Waals surface area contributed by atoms with Gasteiger partial charge >= 0.3 is 11.8 Å². The summed E-state index contributed by atoms with van der Waals surface area (Å²) in [5.41, 5.74) is 1.62. The number of hydrogen-bond acceptors (Lipinski definition) is 4. The van der Waals surface area contributed by atoms with Gasteiger partial charge in [0.05, 0.1) is 5.69 Å². The monoisotopic (exact) mass is 387 g/mol. The number of benzene rings is 2. The number of carbonyl (C=O) groups is 2. The summed E-state index contributed by atoms with van der Waals surface area (Å²) >= 11 is 1.37. The molecule has 0 radical (unpaired) electrons. The van der Waals surface area contributed by atoms with Gasteiger partial charge < -0.3 is 10.6 Å². The van der Waals surface area contributed by atoms with E-state index in [0.29, 0.717) is 17.0 Å². The van der Waals surface area contributed by atoms with Crippen LogP contribution < -0.4 is 10.6 Å². The molecule has 0 bridgehead atoms. The molecule has 2 N–H and O–H groups in total. The van der Waals surface area contributed by atoms with Gasteiger partial charge in [0.1, 0.15) is 16.6 Å². The Balaban J connectivity index is 1.49. The third-order valence-electron chi connectivity index (χ3n) is 3.58. The zero-order valence-electron chi connectivity index (χ0n) is 14.0. The maximum Gasteiger partial charge on any atom is 0.313 e. The third kappa shape index (κ3) is 5.18. The van der Waals surface area contributed by atoms with Gasteiger partial charge in [-0.1, -0.05) is 18.2 Å². The fourth-order valence-electron chi connectivity index (χ4n) is 2.31. The van der Waals surface area contributed by atoms with Crippen molar-refractivity contribution in [3.8, 4) is 10.6 Å². The van der Waals surface area contributed by atoms with Gasteiger partial charge in [-0.2, -0.15) is 0 Å². The van der Waals surface area contributed by atoms with E-state index in [4.69, 9.17) is 0 Å². The van der Waals surface area contributed by atoms with Gasteiger partial charge in [-0.3, -0.25) is 9.59 Å². The first kappa shape index (κ1) is 18.7. The van der Waals surface area contributed by atoms with Crippen LogP contribution in [0.25, 0.3) is 10.6 Å². The molecule has 0 atom stereocenters. The predicted octanol–water partition coefficient (Wildman–Crippen LogP) is 3.39. The summed E-state index contributed by atoms with van der Waals surface area (Å²) < 4.78 is 26.4. The van der Waals surface area contributed by atoms with Crippen LogP contribution in [0.3, 0.4) is 0 Å². The lowest BCUT2D eigenvalue weighted by Crippen LogP contribution is -2.36. The summed E-state index contributed by atoms with van der Waals surface area (Å²) in [7, 11) is 0. The van der Waals surface area contributed by atoms with Crippen molar-refractivity contribution >= 4 is 28.8 Å². The fourth-order valence-corrected chi connectivity index (χ4v) is 3.17. The Kier molecular flexibility index (Phi) is 5.87. The second-order valence-electron chi connectivity index (χ2n) is 5.62. The molecule has 0 aliphatic heterocycles. The lowest BCUT2D eigenvalue weighted by Gasteiger charge is -2.06. The number of anilines is 1. The molecule has 8 heteroatoms. The van der Waals surface area contributed by atoms with E-state index in [-0.39, 0.29) is 18.0 Å². The van der Waals surface area contributed by atoms with Crippen molar-refractivity contribution < 1.29 is 18.4 Å². The predicted molar refractivity (Wildman–Crippen MR) is 99.3 cm³/mol. The van der Waals surface area contributed by atoms with E-state index in [0.717, 1.165) is 11.8 Å². The van der Waals surface area contributed by atoms with E-state index >= 15 is 0 Å². The highest BCUT2D eigenvalue weighted by Gasteiger charge is 2.14. The van der Waals surface area contributed by atoms with Crippen molar-refractivity contribution in [3.05, 3.63) is 71.2 Å². The zero-order chi connectivity index (χ0) is 19.2. The van der Waals surface area contributed by atoms with E-state index < -0.39 is 17.6 Å². The maximum absolute atomic E-state index is 13.3. The lowest BCUT2D eigenvalue weighted by molar-refractivity contribution is -0.136. The molecule has 0 unspecified atom stereocenters. The Morgan fingerprint density at radius 1 is 1.00 bits per heavy atom. The molecule has 2 aromatic carbocycles. The summed E-state index contributed by atoms with van der Waals surface area (Å²) in [6, 6.07) is 11.4. The molecule has 0 spiro atoms. The summed E-state index contributed by atoms with van der Waals surface area (Å²) in [4.78, 5) is 28.0. The summed E-state index contributed by atoms with van der Waals surface area (Å²) in [6.07, 6.45) is 0.421. The van der Waals surface area contributed by atoms with Crippen LogP contribution in [0.5, 0.6) is 0 Å². The van der Waals surface area contributed by atoms with Gasteiger partial charge in [-0.05, 0) is 30.3 Å². The molecular formula is C19H15F2N3O2S. The van der Waals surface area contributed by atoms with Gasteiger partial charge in [0.2, 0.25) is 0 Å². The number of thiazole rings is 1. The quantitative estimate of drug-likeness (QED) is 0.660. The van der Waals surface area contributed by atoms with Crippen LogP contribution in [0, 0.1) is 11.6 Å². The smallest absolute Gasteiger partial charge is 0.313 e. The van der Waals surface area contributed by atoms with E-state index in [1.807, 2.05) is 5.38 Å². The number of aromatic nitrogens is 1. The van der Waals surface area contributed by atoms with Crippen molar-refractivity contribution in [2.45, 2.75) is 6.42 Å². The molecular weight excluding hydrogens is 372 g/mol. The minimum absolute atomic E-state index is 0.203. The van der Waals surface area contributed by atoms with Crippen LogP contribution >= 0.6 is 11.3 Å². The Morgan fingerprint density at radius 3 is 2.48 bits per heavy atom. The molecule has 3 rings (SSSR count). The zero-order valence-corrected chi connectivity index (χ0v) is 14.9. The Labute approximate surface area is 158 Å². The van der Waals surface area contributed by atoms with Crippen LogP contribution in [-0.2, 0) is 16.0 Å². The molecule has 0 saturated heterocycles. The van der Waals surface area contributed by atoms with Crippen LogP contribution in [0.2, 0.25) is 0 Å². The number of carbonyl (C=O) groups excluding carboxylic acids is 2. The minimum Gasteiger partial charge on any atom is -0.347 e. The highest BCUT2D eigenvalue weighted by Crippen LogP contribution is 2.24. The average molecular weight is 387 g/mol. The van der Waals surface area contributed by atoms with E-state index in [9.17, 15) is 18.4 Å². The lowest BCUT2D eigenvalue weighted by atomic mass is 10.2. The van der Waals surface area contributed by atoms with Gasteiger partial charge in [0.15, 0.2) is 0 Å². The van der Waals surface area contributed by atoms with Crippen LogP contribution in [0.1, 0.15) is 5.69 Å². The van der Waals surface area contributed by atoms with E-state index in [1.54, 1.807) is 12.1 Å². The van der Waals surface area contributed by atoms with Gasteiger partial charge in [-0.25, -0.2) is 13.8 Å². The molecule has 0 aliphatic rings. The number of rotatable bonds is 5. The molecule has 3 aromatic rings. The molecule has 27 heavy (non-hydrogen) atoms. The largest absolute Gasteiger partial charge is 0.347 e. The second-order valence-corrected chi connectivity index (χ2v) is 6.48. The maximum atomic E-state index is 13.3. The van der Waals surface area contributed by atoms with Crippen molar-refractivity contribution in [1.82, 2.24) is 10.3 Å². The van der Waals surface area contributed by atoms with Crippen molar-refractivity contribution in [2.24, 2.45) is 0 Å². The molecule has 138 valence electrons. The Bertz CT molecular complexity index is 975. The molecule has 0 fully saturated rings. The number of amides is 2. The first-order valence-corrected chi connectivity index (χ1v) is 8.94. The highest BCUT2D eigenvalue weighted by molar-refractivity contribution is 7.13. The molecule has 1 heterocycles. The van der Waals surface area contributed by atoms with Crippen molar-refractivity contribution in [1.29, 1.82) is 0 Å². The first-order valence-electron chi connectivity index (χ1n) is 8.06. The van der Waals surface area contributed by atoms with E-state index in [1.165, 1.54) is 41.7 Å².